The van der Waals surface area contributed by atoms with Gasteiger partial charge in [-0.2, -0.15) is 5.10 Å². The fraction of sp³-hybridized carbons (Fsp3) is 0.222. The minimum absolute atomic E-state index is 0.153. The first kappa shape index (κ1) is 16.2. The van der Waals surface area contributed by atoms with E-state index in [1.807, 2.05) is 61.5 Å². The molecule has 1 heterocycles. The van der Waals surface area contributed by atoms with E-state index < -0.39 is 0 Å². The van der Waals surface area contributed by atoms with Crippen LogP contribution in [0.25, 0.3) is 0 Å². The van der Waals surface area contributed by atoms with Crippen LogP contribution in [0.5, 0.6) is 11.5 Å². The lowest BCUT2D eigenvalue weighted by Crippen LogP contribution is -2.41. The van der Waals surface area contributed by atoms with Gasteiger partial charge in [0.2, 0.25) is 0 Å². The predicted molar refractivity (Wildman–Crippen MR) is 92.8 cm³/mol. The van der Waals surface area contributed by atoms with Crippen molar-refractivity contribution in [1.29, 1.82) is 0 Å². The maximum absolute atomic E-state index is 11.9. The van der Waals surface area contributed by atoms with E-state index in [9.17, 15) is 4.79 Å². The Morgan fingerprint density at radius 2 is 1.96 bits per heavy atom. The number of nitrogens with one attached hydrogen (secondary N) is 3. The Bertz CT molecular complexity index is 718. The molecule has 1 aliphatic rings. The Labute approximate surface area is 140 Å². The summed E-state index contributed by atoms with van der Waals surface area (Å²) < 4.78 is 5.77. The smallest absolute Gasteiger partial charge is 0.258 e. The fourth-order valence-corrected chi connectivity index (χ4v) is 2.42. The van der Waals surface area contributed by atoms with Gasteiger partial charge in [0.05, 0.1) is 6.21 Å². The molecule has 0 bridgehead atoms. The summed E-state index contributed by atoms with van der Waals surface area (Å²) in [4.78, 5) is 11.9. The number of hydrogen-bond acceptors (Lipinski definition) is 5. The van der Waals surface area contributed by atoms with Gasteiger partial charge in [0.1, 0.15) is 17.5 Å². The van der Waals surface area contributed by atoms with Gasteiger partial charge >= 0.3 is 0 Å². The molecule has 1 saturated heterocycles. The van der Waals surface area contributed by atoms with Crippen LogP contribution in [0.1, 0.15) is 18.9 Å². The van der Waals surface area contributed by atoms with Gasteiger partial charge in [-0.15, -0.1) is 0 Å². The average Bonchev–Trinajstić information content (AvgIpc) is 3.03. The number of carbonyl (C=O) groups is 1. The Balaban J connectivity index is 1.57. The fourth-order valence-electron chi connectivity index (χ4n) is 2.42. The number of benzene rings is 2. The number of rotatable bonds is 5. The second kappa shape index (κ2) is 7.72. The van der Waals surface area contributed by atoms with Crippen LogP contribution in [0.2, 0.25) is 0 Å². The first-order valence-electron chi connectivity index (χ1n) is 7.87. The summed E-state index contributed by atoms with van der Waals surface area (Å²) >= 11 is 0. The Morgan fingerprint density at radius 3 is 2.71 bits per heavy atom. The van der Waals surface area contributed by atoms with Gasteiger partial charge in [0.25, 0.3) is 5.91 Å². The quantitative estimate of drug-likeness (QED) is 0.582. The van der Waals surface area contributed by atoms with Crippen molar-refractivity contribution >= 4 is 12.1 Å². The van der Waals surface area contributed by atoms with Crippen molar-refractivity contribution in [2.24, 2.45) is 5.10 Å². The topological polar surface area (TPSA) is 74.8 Å². The lowest BCUT2D eigenvalue weighted by molar-refractivity contribution is -0.122. The summed E-state index contributed by atoms with van der Waals surface area (Å²) in [7, 11) is 0. The molecule has 3 rings (SSSR count). The molecule has 1 amide bonds. The number of amides is 1. The number of hydrazine groups is 1. The highest BCUT2D eigenvalue weighted by molar-refractivity contribution is 5.85. The number of nitrogens with zero attached hydrogens (tertiary/aromatic N) is 1. The zero-order chi connectivity index (χ0) is 16.8. The van der Waals surface area contributed by atoms with E-state index in [-0.39, 0.29) is 18.0 Å². The largest absolute Gasteiger partial charge is 0.457 e. The molecule has 2 aromatic rings. The van der Waals surface area contributed by atoms with E-state index in [4.69, 9.17) is 4.74 Å². The molecule has 6 nitrogen and oxygen atoms in total. The monoisotopic (exact) mass is 324 g/mol. The maximum Gasteiger partial charge on any atom is 0.258 e. The first-order valence-corrected chi connectivity index (χ1v) is 7.87. The van der Waals surface area contributed by atoms with Crippen LogP contribution < -0.4 is 21.0 Å². The summed E-state index contributed by atoms with van der Waals surface area (Å²) in [6, 6.07) is 17.1. The number of para-hydroxylation sites is 1. The number of hydrogen-bond donors (Lipinski definition) is 3. The van der Waals surface area contributed by atoms with Crippen LogP contribution in [-0.2, 0) is 4.79 Å². The molecule has 2 atom stereocenters. The molecule has 0 aliphatic carbocycles. The molecule has 0 radical (unpaired) electrons. The van der Waals surface area contributed by atoms with E-state index in [0.717, 1.165) is 17.7 Å². The van der Waals surface area contributed by atoms with E-state index in [1.165, 1.54) is 0 Å². The number of hydrazone groups is 1. The molecule has 2 aromatic carbocycles. The third-order valence-corrected chi connectivity index (χ3v) is 3.64. The van der Waals surface area contributed by atoms with E-state index in [0.29, 0.717) is 5.75 Å². The van der Waals surface area contributed by atoms with E-state index in [2.05, 4.69) is 21.4 Å². The van der Waals surface area contributed by atoms with Gasteiger partial charge in [0.15, 0.2) is 0 Å². The Hall–Kier alpha value is -2.70. The number of ether oxygens (including phenoxy) is 1. The van der Waals surface area contributed by atoms with Crippen molar-refractivity contribution in [2.75, 3.05) is 0 Å². The summed E-state index contributed by atoms with van der Waals surface area (Å²) in [6.45, 7) is 2.02. The molecule has 0 spiro atoms. The molecule has 6 heteroatoms. The standard InChI is InChI=1S/C18H20N4O2/c1-13-10-17(21-20-13)18(23)22-19-12-14-6-5-9-16(11-14)24-15-7-3-2-4-8-15/h2-9,11-13,17,20-21H,10H2,1H3,(H,22,23)/b19-12+. The number of carbonyl (C=O) groups excluding carboxylic acids is 1. The molecule has 1 fully saturated rings. The second-order valence-electron chi connectivity index (χ2n) is 5.70. The average molecular weight is 324 g/mol. The minimum atomic E-state index is -0.259. The first-order chi connectivity index (χ1) is 11.7. The van der Waals surface area contributed by atoms with Crippen LogP contribution >= 0.6 is 0 Å². The Kier molecular flexibility index (Phi) is 5.20. The maximum atomic E-state index is 11.9. The van der Waals surface area contributed by atoms with Crippen molar-refractivity contribution in [1.82, 2.24) is 16.3 Å². The van der Waals surface area contributed by atoms with Crippen molar-refractivity contribution in [3.05, 3.63) is 60.2 Å². The van der Waals surface area contributed by atoms with Crippen LogP contribution in [-0.4, -0.2) is 24.2 Å². The molecule has 3 N–H and O–H groups in total. The van der Waals surface area contributed by atoms with Crippen LogP contribution in [0.4, 0.5) is 0 Å². The van der Waals surface area contributed by atoms with Crippen molar-refractivity contribution in [3.63, 3.8) is 0 Å². The second-order valence-corrected chi connectivity index (χ2v) is 5.70. The van der Waals surface area contributed by atoms with Crippen LogP contribution in [0, 0.1) is 0 Å². The van der Waals surface area contributed by atoms with Crippen LogP contribution in [0.15, 0.2) is 59.7 Å². The van der Waals surface area contributed by atoms with E-state index in [1.54, 1.807) is 6.21 Å². The zero-order valence-corrected chi connectivity index (χ0v) is 13.4. The van der Waals surface area contributed by atoms with Crippen molar-refractivity contribution < 1.29 is 9.53 Å². The highest BCUT2D eigenvalue weighted by Crippen LogP contribution is 2.21. The molecule has 0 aromatic heterocycles. The van der Waals surface area contributed by atoms with E-state index >= 15 is 0 Å². The minimum Gasteiger partial charge on any atom is -0.457 e. The highest BCUT2D eigenvalue weighted by Gasteiger charge is 2.26. The lowest BCUT2D eigenvalue weighted by Gasteiger charge is -2.07. The Morgan fingerprint density at radius 1 is 1.17 bits per heavy atom. The molecule has 24 heavy (non-hydrogen) atoms. The molecule has 2 unspecified atom stereocenters. The SMILES string of the molecule is CC1CC(C(=O)N/N=C/c2cccc(Oc3ccccc3)c2)NN1. The van der Waals surface area contributed by atoms with Gasteiger partial charge in [-0.1, -0.05) is 30.3 Å². The third kappa shape index (κ3) is 4.41. The summed E-state index contributed by atoms with van der Waals surface area (Å²) in [6.07, 6.45) is 2.34. The van der Waals surface area contributed by atoms with Crippen LogP contribution in [0.3, 0.4) is 0 Å². The molecular formula is C18H20N4O2. The summed E-state index contributed by atoms with van der Waals surface area (Å²) in [5, 5.41) is 4.01. The van der Waals surface area contributed by atoms with Crippen molar-refractivity contribution in [3.8, 4) is 11.5 Å². The zero-order valence-electron chi connectivity index (χ0n) is 13.4. The highest BCUT2D eigenvalue weighted by atomic mass is 16.5. The van der Waals surface area contributed by atoms with Gasteiger partial charge in [-0.05, 0) is 43.2 Å². The molecule has 124 valence electrons. The third-order valence-electron chi connectivity index (χ3n) is 3.64. The van der Waals surface area contributed by atoms with Gasteiger partial charge < -0.3 is 4.74 Å². The molecular weight excluding hydrogens is 304 g/mol. The van der Waals surface area contributed by atoms with Gasteiger partial charge in [-0.3, -0.25) is 10.2 Å². The normalized spacial score (nSPS) is 20.2. The predicted octanol–water partition coefficient (Wildman–Crippen LogP) is 2.18. The summed E-state index contributed by atoms with van der Waals surface area (Å²) in [5.74, 6) is 1.33. The van der Waals surface area contributed by atoms with Crippen molar-refractivity contribution in [2.45, 2.75) is 25.4 Å². The molecule has 1 aliphatic heterocycles. The lowest BCUT2D eigenvalue weighted by atomic mass is 10.1. The van der Waals surface area contributed by atoms with Gasteiger partial charge in [-0.25, -0.2) is 10.9 Å². The molecule has 0 saturated carbocycles. The summed E-state index contributed by atoms with van der Waals surface area (Å²) in [5.41, 5.74) is 9.34. The van der Waals surface area contributed by atoms with Gasteiger partial charge in [0, 0.05) is 6.04 Å².